The maximum atomic E-state index is 13.1. The maximum Gasteiger partial charge on any atom is 0.174 e. The summed E-state index contributed by atoms with van der Waals surface area (Å²) >= 11 is 2.25. The molecule has 0 radical (unpaired) electrons. The van der Waals surface area contributed by atoms with Crippen LogP contribution in [0.3, 0.4) is 0 Å². The predicted octanol–water partition coefficient (Wildman–Crippen LogP) is 6.62. The number of allylic oxidation sites excluding steroid dienone is 4. The zero-order valence-corrected chi connectivity index (χ0v) is 22.5. The number of ketones is 2. The molecule has 3 aliphatic rings. The van der Waals surface area contributed by atoms with Gasteiger partial charge in [0.05, 0.1) is 10.7 Å². The maximum absolute atomic E-state index is 13.1. The summed E-state index contributed by atoms with van der Waals surface area (Å²) < 4.78 is 19.0. The highest BCUT2D eigenvalue weighted by Crippen LogP contribution is 2.49. The van der Waals surface area contributed by atoms with E-state index in [1.807, 2.05) is 12.1 Å². The Morgan fingerprint density at radius 3 is 2.06 bits per heavy atom. The first-order valence-electron chi connectivity index (χ1n) is 12.1. The molecule has 5 rings (SSSR count). The van der Waals surface area contributed by atoms with Crippen LogP contribution in [0.25, 0.3) is 0 Å². The highest BCUT2D eigenvalue weighted by molar-refractivity contribution is 14.1. The number of carbonyl (C=O) groups is 2. The van der Waals surface area contributed by atoms with Crippen LogP contribution in [0.15, 0.2) is 53.0 Å². The van der Waals surface area contributed by atoms with Crippen LogP contribution in [0, 0.1) is 17.4 Å². The van der Waals surface area contributed by atoms with Crippen molar-refractivity contribution in [3.63, 3.8) is 0 Å². The molecular formula is C29H29IO5. The fourth-order valence-corrected chi connectivity index (χ4v) is 6.29. The average molecular weight is 584 g/mol. The van der Waals surface area contributed by atoms with Crippen molar-refractivity contribution in [1.82, 2.24) is 0 Å². The van der Waals surface area contributed by atoms with Gasteiger partial charge < -0.3 is 14.2 Å². The predicted molar refractivity (Wildman–Crippen MR) is 142 cm³/mol. The number of rotatable bonds is 5. The van der Waals surface area contributed by atoms with Gasteiger partial charge >= 0.3 is 0 Å². The number of hydrogen-bond acceptors (Lipinski definition) is 5. The van der Waals surface area contributed by atoms with Crippen LogP contribution in [-0.2, 0) is 20.9 Å². The molecule has 0 spiro atoms. The lowest BCUT2D eigenvalue weighted by molar-refractivity contribution is -0.117. The number of aryl methyl sites for hydroxylation is 2. The molecule has 0 bridgehead atoms. The van der Waals surface area contributed by atoms with Gasteiger partial charge in [-0.3, -0.25) is 9.59 Å². The molecule has 0 amide bonds. The van der Waals surface area contributed by atoms with Crippen molar-refractivity contribution >= 4 is 34.2 Å². The Hall–Kier alpha value is -2.61. The minimum Gasteiger partial charge on any atom is -0.493 e. The van der Waals surface area contributed by atoms with E-state index in [0.29, 0.717) is 42.1 Å². The monoisotopic (exact) mass is 584 g/mol. The lowest BCUT2D eigenvalue weighted by atomic mass is 9.73. The fraction of sp³-hybridized carbons (Fsp3) is 0.379. The van der Waals surface area contributed by atoms with Gasteiger partial charge in [-0.25, -0.2) is 0 Å². The molecule has 0 aromatic heterocycles. The van der Waals surface area contributed by atoms with Crippen molar-refractivity contribution in [3.05, 3.63) is 78.8 Å². The van der Waals surface area contributed by atoms with E-state index in [0.717, 1.165) is 51.9 Å². The normalized spacial score (nSPS) is 18.3. The van der Waals surface area contributed by atoms with Gasteiger partial charge in [0.1, 0.15) is 18.1 Å². The Morgan fingerprint density at radius 1 is 0.886 bits per heavy atom. The van der Waals surface area contributed by atoms with Crippen LogP contribution in [0.5, 0.6) is 11.5 Å². The van der Waals surface area contributed by atoms with Crippen LogP contribution in [0.4, 0.5) is 0 Å². The SMILES string of the molecule is COc1cc(C2C3=C(CCCC3=O)OC3=C2C(=O)CCC3)cc(I)c1OCc1cc(C)cc(C)c1. The van der Waals surface area contributed by atoms with Gasteiger partial charge in [-0.2, -0.15) is 0 Å². The van der Waals surface area contributed by atoms with Crippen molar-refractivity contribution in [2.24, 2.45) is 0 Å². The van der Waals surface area contributed by atoms with Crippen molar-refractivity contribution in [2.45, 2.75) is 64.9 Å². The number of hydrogen-bond donors (Lipinski definition) is 0. The van der Waals surface area contributed by atoms with E-state index in [4.69, 9.17) is 14.2 Å². The number of halogens is 1. The highest BCUT2D eigenvalue weighted by atomic mass is 127. The number of ether oxygens (including phenoxy) is 3. The third-order valence-corrected chi connectivity index (χ3v) is 7.69. The molecule has 0 saturated heterocycles. The van der Waals surface area contributed by atoms with Crippen LogP contribution in [0.2, 0.25) is 0 Å². The second-order valence-electron chi connectivity index (χ2n) is 9.58. The number of benzene rings is 2. The highest BCUT2D eigenvalue weighted by Gasteiger charge is 2.42. The second kappa shape index (κ2) is 9.80. The first kappa shape index (κ1) is 24.1. The third kappa shape index (κ3) is 4.65. The van der Waals surface area contributed by atoms with Crippen molar-refractivity contribution in [1.29, 1.82) is 0 Å². The molecule has 35 heavy (non-hydrogen) atoms. The van der Waals surface area contributed by atoms with Crippen LogP contribution >= 0.6 is 22.6 Å². The van der Waals surface area contributed by atoms with Gasteiger partial charge in [-0.05, 0) is 72.5 Å². The van der Waals surface area contributed by atoms with E-state index in [1.54, 1.807) is 7.11 Å². The molecule has 5 nitrogen and oxygen atoms in total. The van der Waals surface area contributed by atoms with E-state index in [-0.39, 0.29) is 11.6 Å². The summed E-state index contributed by atoms with van der Waals surface area (Å²) in [6, 6.07) is 10.3. The largest absolute Gasteiger partial charge is 0.493 e. The molecule has 0 fully saturated rings. The summed E-state index contributed by atoms with van der Waals surface area (Å²) in [5.41, 5.74) is 5.65. The summed E-state index contributed by atoms with van der Waals surface area (Å²) in [7, 11) is 1.62. The van der Waals surface area contributed by atoms with Gasteiger partial charge in [0.25, 0.3) is 0 Å². The smallest absolute Gasteiger partial charge is 0.174 e. The standard InChI is InChI=1S/C29H29IO5/c1-16-10-17(2)12-18(11-16)15-34-29-20(30)13-19(14-25(29)33-3)26-27-21(31)6-4-8-23(27)35-24-9-5-7-22(32)28(24)26/h10-14,26H,4-9,15H2,1-3H3. The molecule has 0 atom stereocenters. The van der Waals surface area contributed by atoms with Crippen LogP contribution in [0.1, 0.15) is 66.7 Å². The molecular weight excluding hydrogens is 555 g/mol. The van der Waals surface area contributed by atoms with Crippen molar-refractivity contribution < 1.29 is 23.8 Å². The van der Waals surface area contributed by atoms with E-state index in [9.17, 15) is 9.59 Å². The fourth-order valence-electron chi connectivity index (χ4n) is 5.51. The lowest BCUT2D eigenvalue weighted by Crippen LogP contribution is -2.30. The number of carbonyl (C=O) groups excluding carboxylic acids is 2. The Kier molecular flexibility index (Phi) is 6.75. The Bertz CT molecular complexity index is 1220. The lowest BCUT2D eigenvalue weighted by Gasteiger charge is -2.36. The van der Waals surface area contributed by atoms with E-state index >= 15 is 0 Å². The van der Waals surface area contributed by atoms with Crippen molar-refractivity contribution in [2.75, 3.05) is 7.11 Å². The van der Waals surface area contributed by atoms with Crippen LogP contribution in [-0.4, -0.2) is 18.7 Å². The zero-order chi connectivity index (χ0) is 24.7. The average Bonchev–Trinajstić information content (AvgIpc) is 2.81. The molecule has 182 valence electrons. The van der Waals surface area contributed by atoms with Gasteiger partial charge in [0.15, 0.2) is 23.1 Å². The first-order chi connectivity index (χ1) is 16.9. The summed E-state index contributed by atoms with van der Waals surface area (Å²) in [5.74, 6) is 2.48. The minimum atomic E-state index is -0.412. The van der Waals surface area contributed by atoms with E-state index in [1.165, 1.54) is 11.1 Å². The van der Waals surface area contributed by atoms with Crippen molar-refractivity contribution in [3.8, 4) is 11.5 Å². The van der Waals surface area contributed by atoms with Gasteiger partial charge in [-0.15, -0.1) is 0 Å². The van der Waals surface area contributed by atoms with Gasteiger partial charge in [0.2, 0.25) is 0 Å². The molecule has 0 saturated carbocycles. The molecule has 0 N–H and O–H groups in total. The summed E-state index contributed by atoms with van der Waals surface area (Å²) in [6.07, 6.45) is 4.00. The summed E-state index contributed by atoms with van der Waals surface area (Å²) in [6.45, 7) is 4.58. The van der Waals surface area contributed by atoms with Gasteiger partial charge in [0, 0.05) is 42.7 Å². The minimum absolute atomic E-state index is 0.0743. The Balaban J connectivity index is 1.55. The molecule has 6 heteroatoms. The molecule has 1 aliphatic heterocycles. The summed E-state index contributed by atoms with van der Waals surface area (Å²) in [4.78, 5) is 26.2. The zero-order valence-electron chi connectivity index (χ0n) is 20.3. The molecule has 2 aromatic carbocycles. The topological polar surface area (TPSA) is 61.8 Å². The number of Topliss-reactive ketones (excluding diaryl/α,β-unsaturated/α-hetero) is 2. The Labute approximate surface area is 219 Å². The molecule has 2 aromatic rings. The molecule has 2 aliphatic carbocycles. The second-order valence-corrected chi connectivity index (χ2v) is 10.7. The van der Waals surface area contributed by atoms with E-state index < -0.39 is 5.92 Å². The molecule has 0 unspecified atom stereocenters. The quantitative estimate of drug-likeness (QED) is 0.370. The summed E-state index contributed by atoms with van der Waals surface area (Å²) in [5, 5.41) is 0. The Morgan fingerprint density at radius 2 is 1.49 bits per heavy atom. The third-order valence-electron chi connectivity index (χ3n) is 6.89. The number of methoxy groups -OCH3 is 1. The molecule has 1 heterocycles. The van der Waals surface area contributed by atoms with Gasteiger partial charge in [-0.1, -0.05) is 29.3 Å². The van der Waals surface area contributed by atoms with E-state index in [2.05, 4.69) is 54.6 Å². The first-order valence-corrected chi connectivity index (χ1v) is 13.2. The van der Waals surface area contributed by atoms with Crippen LogP contribution < -0.4 is 9.47 Å².